The number of carbonyl (C=O) groups excluding carboxylic acids is 2. The predicted molar refractivity (Wildman–Crippen MR) is 87.4 cm³/mol. The molecule has 3 rings (SSSR count). The first-order valence-electron chi connectivity index (χ1n) is 7.89. The molecule has 0 radical (unpaired) electrons. The van der Waals surface area contributed by atoms with Crippen molar-refractivity contribution in [2.24, 2.45) is 0 Å². The molecule has 1 unspecified atom stereocenters. The second-order valence-electron chi connectivity index (χ2n) is 5.78. The summed E-state index contributed by atoms with van der Waals surface area (Å²) in [6.07, 6.45) is 2.00. The summed E-state index contributed by atoms with van der Waals surface area (Å²) in [6.45, 7) is 3.92. The summed E-state index contributed by atoms with van der Waals surface area (Å²) < 4.78 is 5.47. The summed E-state index contributed by atoms with van der Waals surface area (Å²) in [4.78, 5) is 23.6. The molecule has 2 heterocycles. The van der Waals surface area contributed by atoms with Crippen LogP contribution in [0.4, 0.5) is 5.69 Å². The van der Waals surface area contributed by atoms with Crippen molar-refractivity contribution < 1.29 is 14.0 Å². The molecule has 0 spiro atoms. The minimum atomic E-state index is -0.219. The lowest BCUT2D eigenvalue weighted by molar-refractivity contribution is -0.116. The highest BCUT2D eigenvalue weighted by Gasteiger charge is 2.18. The number of carbonyl (C=O) groups is 2. The molecule has 1 aliphatic heterocycles. The van der Waals surface area contributed by atoms with Gasteiger partial charge in [-0.05, 0) is 42.7 Å². The Labute approximate surface area is 135 Å². The van der Waals surface area contributed by atoms with Gasteiger partial charge in [-0.15, -0.1) is 0 Å². The van der Waals surface area contributed by atoms with Crippen LogP contribution in [0.3, 0.4) is 0 Å². The molecule has 0 saturated carbocycles. The molecule has 0 saturated heterocycles. The third kappa shape index (κ3) is 3.28. The third-order valence-electron chi connectivity index (χ3n) is 4.11. The number of hydrogen-bond acceptors (Lipinski definition) is 3. The standard InChI is InChI=1S/C18H20N2O3/c1-3-14-6-8-16(23-14)18(22)19-11(2)12-4-7-15-13(10-12)5-9-17(21)20-15/h4,6-8,10-11H,3,5,9H2,1-2H3,(H,19,22)(H,20,21). The predicted octanol–water partition coefficient (Wildman–Crippen LogP) is 3.22. The Morgan fingerprint density at radius 2 is 2.13 bits per heavy atom. The van der Waals surface area contributed by atoms with Crippen LogP contribution in [-0.2, 0) is 17.6 Å². The van der Waals surface area contributed by atoms with E-state index < -0.39 is 0 Å². The fourth-order valence-corrected chi connectivity index (χ4v) is 2.71. The Morgan fingerprint density at radius 1 is 1.30 bits per heavy atom. The van der Waals surface area contributed by atoms with Gasteiger partial charge in [0.15, 0.2) is 5.76 Å². The van der Waals surface area contributed by atoms with Crippen LogP contribution in [0.25, 0.3) is 0 Å². The first-order valence-corrected chi connectivity index (χ1v) is 7.89. The highest BCUT2D eigenvalue weighted by molar-refractivity contribution is 5.94. The Hall–Kier alpha value is -2.56. The molecule has 1 aromatic carbocycles. The fourth-order valence-electron chi connectivity index (χ4n) is 2.71. The van der Waals surface area contributed by atoms with Crippen LogP contribution < -0.4 is 10.6 Å². The van der Waals surface area contributed by atoms with Gasteiger partial charge in [-0.2, -0.15) is 0 Å². The third-order valence-corrected chi connectivity index (χ3v) is 4.11. The lowest BCUT2D eigenvalue weighted by Crippen LogP contribution is -2.26. The van der Waals surface area contributed by atoms with Crippen LogP contribution in [-0.4, -0.2) is 11.8 Å². The van der Waals surface area contributed by atoms with Crippen LogP contribution in [0.1, 0.15) is 53.8 Å². The number of rotatable bonds is 4. The van der Waals surface area contributed by atoms with E-state index in [2.05, 4.69) is 10.6 Å². The van der Waals surface area contributed by atoms with E-state index in [9.17, 15) is 9.59 Å². The van der Waals surface area contributed by atoms with Crippen LogP contribution in [0.2, 0.25) is 0 Å². The zero-order chi connectivity index (χ0) is 16.4. The minimum Gasteiger partial charge on any atom is -0.456 e. The molecular formula is C18H20N2O3. The van der Waals surface area contributed by atoms with Crippen molar-refractivity contribution in [1.29, 1.82) is 0 Å². The Balaban J connectivity index is 1.71. The molecule has 120 valence electrons. The van der Waals surface area contributed by atoms with Gasteiger partial charge in [0.05, 0.1) is 6.04 Å². The van der Waals surface area contributed by atoms with Gasteiger partial charge in [0, 0.05) is 18.5 Å². The maximum absolute atomic E-state index is 12.2. The second-order valence-corrected chi connectivity index (χ2v) is 5.78. The molecule has 2 amide bonds. The largest absolute Gasteiger partial charge is 0.456 e. The van der Waals surface area contributed by atoms with Crippen LogP contribution in [0.5, 0.6) is 0 Å². The molecule has 0 fully saturated rings. The van der Waals surface area contributed by atoms with Crippen LogP contribution >= 0.6 is 0 Å². The molecule has 1 aliphatic rings. The van der Waals surface area contributed by atoms with Gasteiger partial charge in [0.25, 0.3) is 5.91 Å². The van der Waals surface area contributed by atoms with E-state index in [-0.39, 0.29) is 17.9 Å². The van der Waals surface area contributed by atoms with E-state index >= 15 is 0 Å². The molecule has 1 atom stereocenters. The monoisotopic (exact) mass is 312 g/mol. The van der Waals surface area contributed by atoms with Crippen molar-refractivity contribution in [3.63, 3.8) is 0 Å². The summed E-state index contributed by atoms with van der Waals surface area (Å²) in [7, 11) is 0. The van der Waals surface area contributed by atoms with Gasteiger partial charge in [-0.3, -0.25) is 9.59 Å². The SMILES string of the molecule is CCc1ccc(C(=O)NC(C)c2ccc3c(c2)CCC(=O)N3)o1. The quantitative estimate of drug-likeness (QED) is 0.910. The number of furan rings is 1. The second kappa shape index (κ2) is 6.28. The average molecular weight is 312 g/mol. The topological polar surface area (TPSA) is 71.3 Å². The van der Waals surface area contributed by atoms with E-state index in [4.69, 9.17) is 4.42 Å². The first-order chi connectivity index (χ1) is 11.1. The van der Waals surface area contributed by atoms with Gasteiger partial charge in [0.1, 0.15) is 5.76 Å². The van der Waals surface area contributed by atoms with Crippen molar-refractivity contribution >= 4 is 17.5 Å². The normalized spacial score (nSPS) is 14.8. The number of amides is 2. The first kappa shape index (κ1) is 15.3. The highest BCUT2D eigenvalue weighted by atomic mass is 16.3. The minimum absolute atomic E-state index is 0.0520. The number of nitrogens with one attached hydrogen (secondary N) is 2. The highest BCUT2D eigenvalue weighted by Crippen LogP contribution is 2.26. The summed E-state index contributed by atoms with van der Waals surface area (Å²) in [6, 6.07) is 9.24. The van der Waals surface area contributed by atoms with E-state index in [1.165, 1.54) is 0 Å². The van der Waals surface area contributed by atoms with Gasteiger partial charge in [-0.25, -0.2) is 0 Å². The summed E-state index contributed by atoms with van der Waals surface area (Å²) >= 11 is 0. The summed E-state index contributed by atoms with van der Waals surface area (Å²) in [5.41, 5.74) is 2.98. The Kier molecular flexibility index (Phi) is 4.19. The molecule has 2 N–H and O–H groups in total. The number of benzene rings is 1. The zero-order valence-corrected chi connectivity index (χ0v) is 13.3. The van der Waals surface area contributed by atoms with Gasteiger partial charge in [-0.1, -0.05) is 19.1 Å². The summed E-state index contributed by atoms with van der Waals surface area (Å²) in [5.74, 6) is 0.964. The molecule has 0 bridgehead atoms. The van der Waals surface area contributed by atoms with Crippen molar-refractivity contribution in [3.05, 3.63) is 53.0 Å². The van der Waals surface area contributed by atoms with Crippen molar-refractivity contribution in [3.8, 4) is 0 Å². The Morgan fingerprint density at radius 3 is 2.87 bits per heavy atom. The smallest absolute Gasteiger partial charge is 0.287 e. The summed E-state index contributed by atoms with van der Waals surface area (Å²) in [5, 5.41) is 5.81. The molecule has 5 heteroatoms. The molecule has 2 aromatic rings. The lowest BCUT2D eigenvalue weighted by Gasteiger charge is -2.20. The van der Waals surface area contributed by atoms with E-state index in [1.54, 1.807) is 6.07 Å². The molecule has 23 heavy (non-hydrogen) atoms. The maximum atomic E-state index is 12.2. The van der Waals surface area contributed by atoms with E-state index in [1.807, 2.05) is 38.1 Å². The zero-order valence-electron chi connectivity index (χ0n) is 13.3. The number of anilines is 1. The fraction of sp³-hybridized carbons (Fsp3) is 0.333. The lowest BCUT2D eigenvalue weighted by atomic mass is 9.98. The molecule has 5 nitrogen and oxygen atoms in total. The van der Waals surface area contributed by atoms with Crippen molar-refractivity contribution in [2.45, 2.75) is 39.2 Å². The number of fused-ring (bicyclic) bond motifs is 1. The van der Waals surface area contributed by atoms with Crippen molar-refractivity contribution in [2.75, 3.05) is 5.32 Å². The molecular weight excluding hydrogens is 292 g/mol. The molecule has 0 aliphatic carbocycles. The van der Waals surface area contributed by atoms with E-state index in [0.717, 1.165) is 35.4 Å². The Bertz CT molecular complexity index is 748. The van der Waals surface area contributed by atoms with Gasteiger partial charge < -0.3 is 15.1 Å². The van der Waals surface area contributed by atoms with E-state index in [0.29, 0.717) is 12.2 Å². The number of hydrogen-bond donors (Lipinski definition) is 2. The van der Waals surface area contributed by atoms with Gasteiger partial charge >= 0.3 is 0 Å². The van der Waals surface area contributed by atoms with Crippen LogP contribution in [0, 0.1) is 0 Å². The maximum Gasteiger partial charge on any atom is 0.287 e. The van der Waals surface area contributed by atoms with Crippen LogP contribution in [0.15, 0.2) is 34.7 Å². The van der Waals surface area contributed by atoms with Crippen molar-refractivity contribution in [1.82, 2.24) is 5.32 Å². The average Bonchev–Trinajstić information content (AvgIpc) is 3.03. The number of aryl methyl sites for hydroxylation is 2. The van der Waals surface area contributed by atoms with Gasteiger partial charge in [0.2, 0.25) is 5.91 Å². The molecule has 1 aromatic heterocycles.